The van der Waals surface area contributed by atoms with Crippen molar-refractivity contribution in [3.05, 3.63) is 27.8 Å². The predicted octanol–water partition coefficient (Wildman–Crippen LogP) is 1.10. The molecule has 5 heteroatoms. The summed E-state index contributed by atoms with van der Waals surface area (Å²) in [4.78, 5) is 13.6. The first-order chi connectivity index (χ1) is 8.25. The monoisotopic (exact) mass is 346 g/mol. The molecule has 0 aromatic heterocycles. The van der Waals surface area contributed by atoms with Crippen molar-refractivity contribution in [2.24, 2.45) is 0 Å². The van der Waals surface area contributed by atoms with E-state index in [1.54, 1.807) is 0 Å². The molecule has 0 saturated carbocycles. The van der Waals surface area contributed by atoms with Crippen molar-refractivity contribution >= 4 is 28.5 Å². The minimum atomic E-state index is 0.0602. The summed E-state index contributed by atoms with van der Waals surface area (Å²) in [7, 11) is 0. The van der Waals surface area contributed by atoms with Crippen LogP contribution in [-0.2, 0) is 4.79 Å². The van der Waals surface area contributed by atoms with Crippen molar-refractivity contribution in [1.29, 1.82) is 0 Å². The average molecular weight is 346 g/mol. The molecule has 1 N–H and O–H groups in total. The SMILES string of the molecule is O=C(COc1ccc(I)cc1)N1CCNCC1. The quantitative estimate of drug-likeness (QED) is 0.834. The molecule has 1 fully saturated rings. The summed E-state index contributed by atoms with van der Waals surface area (Å²) >= 11 is 2.24. The standard InChI is InChI=1S/C12H15IN2O2/c13-10-1-3-11(4-2-10)17-9-12(16)15-7-5-14-6-8-15/h1-4,14H,5-9H2. The van der Waals surface area contributed by atoms with E-state index >= 15 is 0 Å². The number of hydrogen-bond donors (Lipinski definition) is 1. The molecule has 1 aliphatic rings. The summed E-state index contributed by atoms with van der Waals surface area (Å²) < 4.78 is 6.62. The molecular weight excluding hydrogens is 331 g/mol. The normalized spacial score (nSPS) is 15.7. The Morgan fingerprint density at radius 3 is 2.59 bits per heavy atom. The number of halogens is 1. The maximum atomic E-state index is 11.8. The number of nitrogens with zero attached hydrogens (tertiary/aromatic N) is 1. The smallest absolute Gasteiger partial charge is 0.260 e. The molecule has 1 amide bonds. The van der Waals surface area contributed by atoms with Crippen LogP contribution in [-0.4, -0.2) is 43.6 Å². The molecule has 4 nitrogen and oxygen atoms in total. The van der Waals surface area contributed by atoms with Crippen molar-refractivity contribution in [3.63, 3.8) is 0 Å². The van der Waals surface area contributed by atoms with Crippen LogP contribution in [0.3, 0.4) is 0 Å². The van der Waals surface area contributed by atoms with Gasteiger partial charge >= 0.3 is 0 Å². The van der Waals surface area contributed by atoms with Gasteiger partial charge in [-0.15, -0.1) is 0 Å². The van der Waals surface area contributed by atoms with Crippen LogP contribution in [0.5, 0.6) is 5.75 Å². The molecule has 0 spiro atoms. The Hall–Kier alpha value is -0.820. The molecule has 1 saturated heterocycles. The second kappa shape index (κ2) is 6.20. The number of nitrogens with one attached hydrogen (secondary N) is 1. The third-order valence-corrected chi connectivity index (χ3v) is 3.36. The summed E-state index contributed by atoms with van der Waals surface area (Å²) in [5.74, 6) is 0.805. The van der Waals surface area contributed by atoms with Crippen molar-refractivity contribution < 1.29 is 9.53 Å². The average Bonchev–Trinajstić information content (AvgIpc) is 2.39. The molecule has 2 rings (SSSR count). The van der Waals surface area contributed by atoms with E-state index in [0.717, 1.165) is 35.5 Å². The van der Waals surface area contributed by atoms with Gasteiger partial charge in [0.15, 0.2) is 6.61 Å². The fourth-order valence-corrected chi connectivity index (χ4v) is 2.04. The van der Waals surface area contributed by atoms with Gasteiger partial charge in [0, 0.05) is 29.7 Å². The van der Waals surface area contributed by atoms with E-state index in [1.807, 2.05) is 29.2 Å². The molecule has 0 atom stereocenters. The minimum Gasteiger partial charge on any atom is -0.484 e. The molecular formula is C12H15IN2O2. The number of piperazine rings is 1. The fraction of sp³-hybridized carbons (Fsp3) is 0.417. The zero-order chi connectivity index (χ0) is 12.1. The molecule has 0 unspecified atom stereocenters. The Morgan fingerprint density at radius 1 is 1.29 bits per heavy atom. The van der Waals surface area contributed by atoms with Gasteiger partial charge in [-0.25, -0.2) is 0 Å². The number of amides is 1. The first-order valence-corrected chi connectivity index (χ1v) is 6.70. The van der Waals surface area contributed by atoms with E-state index in [2.05, 4.69) is 27.9 Å². The van der Waals surface area contributed by atoms with Crippen molar-refractivity contribution in [2.45, 2.75) is 0 Å². The number of carbonyl (C=O) groups excluding carboxylic acids is 1. The van der Waals surface area contributed by atoms with Crippen LogP contribution >= 0.6 is 22.6 Å². The number of carbonyl (C=O) groups is 1. The van der Waals surface area contributed by atoms with E-state index in [0.29, 0.717) is 0 Å². The van der Waals surface area contributed by atoms with Gasteiger partial charge in [0.25, 0.3) is 5.91 Å². The second-order valence-electron chi connectivity index (χ2n) is 3.87. The van der Waals surface area contributed by atoms with Gasteiger partial charge in [-0.3, -0.25) is 4.79 Å². The molecule has 1 aromatic carbocycles. The first-order valence-electron chi connectivity index (χ1n) is 5.62. The highest BCUT2D eigenvalue weighted by Gasteiger charge is 2.16. The maximum absolute atomic E-state index is 11.8. The van der Waals surface area contributed by atoms with Crippen molar-refractivity contribution in [3.8, 4) is 5.75 Å². The zero-order valence-corrected chi connectivity index (χ0v) is 11.6. The van der Waals surface area contributed by atoms with Crippen LogP contribution in [0.1, 0.15) is 0 Å². The molecule has 0 bridgehead atoms. The molecule has 92 valence electrons. The molecule has 1 aliphatic heterocycles. The van der Waals surface area contributed by atoms with Crippen LogP contribution in [0.2, 0.25) is 0 Å². The van der Waals surface area contributed by atoms with Crippen LogP contribution < -0.4 is 10.1 Å². The van der Waals surface area contributed by atoms with Gasteiger partial charge in [0.1, 0.15) is 5.75 Å². The second-order valence-corrected chi connectivity index (χ2v) is 5.12. The predicted molar refractivity (Wildman–Crippen MR) is 74.1 cm³/mol. The lowest BCUT2D eigenvalue weighted by atomic mass is 10.3. The topological polar surface area (TPSA) is 41.6 Å². The van der Waals surface area contributed by atoms with Gasteiger partial charge in [-0.2, -0.15) is 0 Å². The Labute approximate surface area is 114 Å². The Bertz CT molecular complexity index is 375. The van der Waals surface area contributed by atoms with Gasteiger partial charge in [0.2, 0.25) is 0 Å². The lowest BCUT2D eigenvalue weighted by Gasteiger charge is -2.27. The Balaban J connectivity index is 1.81. The number of hydrogen-bond acceptors (Lipinski definition) is 3. The van der Waals surface area contributed by atoms with E-state index in [9.17, 15) is 4.79 Å². The summed E-state index contributed by atoms with van der Waals surface area (Å²) in [5, 5.41) is 3.21. The van der Waals surface area contributed by atoms with Crippen LogP contribution in [0.4, 0.5) is 0 Å². The van der Waals surface area contributed by atoms with Crippen LogP contribution in [0.25, 0.3) is 0 Å². The summed E-state index contributed by atoms with van der Waals surface area (Å²) in [6, 6.07) is 7.69. The highest BCUT2D eigenvalue weighted by atomic mass is 127. The summed E-state index contributed by atoms with van der Waals surface area (Å²) in [6.45, 7) is 3.41. The molecule has 0 radical (unpaired) electrons. The highest BCUT2D eigenvalue weighted by molar-refractivity contribution is 14.1. The van der Waals surface area contributed by atoms with Gasteiger partial charge < -0.3 is 15.0 Å². The van der Waals surface area contributed by atoms with Crippen molar-refractivity contribution in [2.75, 3.05) is 32.8 Å². The van der Waals surface area contributed by atoms with Gasteiger partial charge in [-0.1, -0.05) is 0 Å². The lowest BCUT2D eigenvalue weighted by Crippen LogP contribution is -2.47. The van der Waals surface area contributed by atoms with E-state index < -0.39 is 0 Å². The minimum absolute atomic E-state index is 0.0602. The molecule has 0 aliphatic carbocycles. The number of ether oxygens (including phenoxy) is 1. The van der Waals surface area contributed by atoms with Gasteiger partial charge in [-0.05, 0) is 46.9 Å². The molecule has 1 heterocycles. The molecule has 17 heavy (non-hydrogen) atoms. The third-order valence-electron chi connectivity index (χ3n) is 2.65. The molecule has 1 aromatic rings. The van der Waals surface area contributed by atoms with Crippen LogP contribution in [0, 0.1) is 3.57 Å². The van der Waals surface area contributed by atoms with E-state index in [-0.39, 0.29) is 12.5 Å². The third kappa shape index (κ3) is 3.85. The lowest BCUT2D eigenvalue weighted by molar-refractivity contribution is -0.133. The van der Waals surface area contributed by atoms with E-state index in [4.69, 9.17) is 4.74 Å². The number of benzene rings is 1. The summed E-state index contributed by atoms with van der Waals surface area (Å²) in [5.41, 5.74) is 0. The Kier molecular flexibility index (Phi) is 4.61. The largest absolute Gasteiger partial charge is 0.484 e. The maximum Gasteiger partial charge on any atom is 0.260 e. The van der Waals surface area contributed by atoms with Crippen molar-refractivity contribution in [1.82, 2.24) is 10.2 Å². The highest BCUT2D eigenvalue weighted by Crippen LogP contribution is 2.13. The van der Waals surface area contributed by atoms with E-state index in [1.165, 1.54) is 0 Å². The van der Waals surface area contributed by atoms with Gasteiger partial charge in [0.05, 0.1) is 0 Å². The number of rotatable bonds is 3. The Morgan fingerprint density at radius 2 is 1.94 bits per heavy atom. The van der Waals surface area contributed by atoms with Crippen LogP contribution in [0.15, 0.2) is 24.3 Å². The first kappa shape index (κ1) is 12.6. The zero-order valence-electron chi connectivity index (χ0n) is 9.49. The fourth-order valence-electron chi connectivity index (χ4n) is 1.68. The summed E-state index contributed by atoms with van der Waals surface area (Å²) in [6.07, 6.45) is 0.